The van der Waals surface area contributed by atoms with Crippen molar-refractivity contribution in [1.29, 1.82) is 0 Å². The summed E-state index contributed by atoms with van der Waals surface area (Å²) in [7, 11) is 0. The van der Waals surface area contributed by atoms with Gasteiger partial charge in [0.05, 0.1) is 10.6 Å². The van der Waals surface area contributed by atoms with Gasteiger partial charge in [0.1, 0.15) is 5.56 Å². The lowest BCUT2D eigenvalue weighted by Crippen LogP contribution is -2.36. The first-order chi connectivity index (χ1) is 13.6. The van der Waals surface area contributed by atoms with Gasteiger partial charge in [0.25, 0.3) is 17.4 Å². The van der Waals surface area contributed by atoms with Crippen LogP contribution in [0.5, 0.6) is 0 Å². The van der Waals surface area contributed by atoms with Crippen molar-refractivity contribution in [3.63, 3.8) is 0 Å². The smallest absolute Gasteiger partial charge is 0.261 e. The van der Waals surface area contributed by atoms with Gasteiger partial charge in [0, 0.05) is 18.8 Å². The van der Waals surface area contributed by atoms with Gasteiger partial charge < -0.3 is 15.6 Å². The number of amides is 2. The van der Waals surface area contributed by atoms with Crippen LogP contribution in [-0.4, -0.2) is 29.9 Å². The minimum absolute atomic E-state index is 0.0112. The SMILES string of the molecule is O=C(NCCNC(=O)c1ccc(-c2ccccc2)[nH]c1=O)c1ccccc1Cl. The van der Waals surface area contributed by atoms with Crippen LogP contribution < -0.4 is 16.2 Å². The van der Waals surface area contributed by atoms with Crippen molar-refractivity contribution in [2.45, 2.75) is 0 Å². The molecular formula is C21H18ClN3O3. The fourth-order valence-corrected chi connectivity index (χ4v) is 2.85. The molecule has 3 rings (SSSR count). The van der Waals surface area contributed by atoms with Crippen LogP contribution in [0.15, 0.2) is 71.5 Å². The molecule has 0 saturated heterocycles. The zero-order valence-electron chi connectivity index (χ0n) is 14.9. The average molecular weight is 396 g/mol. The van der Waals surface area contributed by atoms with E-state index < -0.39 is 11.5 Å². The molecule has 0 bridgehead atoms. The van der Waals surface area contributed by atoms with Gasteiger partial charge in [-0.15, -0.1) is 0 Å². The zero-order chi connectivity index (χ0) is 19.9. The van der Waals surface area contributed by atoms with Crippen molar-refractivity contribution < 1.29 is 9.59 Å². The van der Waals surface area contributed by atoms with Crippen LogP contribution in [0.2, 0.25) is 5.02 Å². The van der Waals surface area contributed by atoms with E-state index in [-0.39, 0.29) is 24.6 Å². The highest BCUT2D eigenvalue weighted by Crippen LogP contribution is 2.15. The van der Waals surface area contributed by atoms with Crippen LogP contribution in [0.1, 0.15) is 20.7 Å². The summed E-state index contributed by atoms with van der Waals surface area (Å²) in [6.07, 6.45) is 0. The van der Waals surface area contributed by atoms with Gasteiger partial charge in [-0.1, -0.05) is 54.1 Å². The topological polar surface area (TPSA) is 91.1 Å². The maximum Gasteiger partial charge on any atom is 0.261 e. The molecule has 6 nitrogen and oxygen atoms in total. The standard InChI is InChI=1S/C21H18ClN3O3/c22-17-9-5-4-8-15(17)19(26)23-12-13-24-20(27)16-10-11-18(25-21(16)28)14-6-2-1-3-7-14/h1-11H,12-13H2,(H,23,26)(H,24,27)(H,25,28). The maximum atomic E-state index is 12.2. The second kappa shape index (κ2) is 9.01. The van der Waals surface area contributed by atoms with E-state index in [1.807, 2.05) is 30.3 Å². The molecule has 2 amide bonds. The van der Waals surface area contributed by atoms with E-state index in [1.54, 1.807) is 30.3 Å². The number of hydrogen-bond acceptors (Lipinski definition) is 3. The van der Waals surface area contributed by atoms with E-state index in [0.29, 0.717) is 16.3 Å². The van der Waals surface area contributed by atoms with Gasteiger partial charge in [-0.25, -0.2) is 0 Å². The Kier molecular flexibility index (Phi) is 6.24. The van der Waals surface area contributed by atoms with E-state index in [1.165, 1.54) is 6.07 Å². The summed E-state index contributed by atoms with van der Waals surface area (Å²) in [4.78, 5) is 39.2. The van der Waals surface area contributed by atoms with Crippen molar-refractivity contribution in [2.75, 3.05) is 13.1 Å². The Labute approximate surface area is 166 Å². The molecule has 0 saturated carbocycles. The van der Waals surface area contributed by atoms with E-state index >= 15 is 0 Å². The van der Waals surface area contributed by atoms with Crippen LogP contribution in [0.25, 0.3) is 11.3 Å². The molecule has 0 radical (unpaired) electrons. The number of carbonyl (C=O) groups is 2. The highest BCUT2D eigenvalue weighted by atomic mass is 35.5. The van der Waals surface area contributed by atoms with Crippen molar-refractivity contribution in [2.24, 2.45) is 0 Å². The summed E-state index contributed by atoms with van der Waals surface area (Å²) in [5.41, 5.74) is 1.39. The lowest BCUT2D eigenvalue weighted by molar-refractivity contribution is 0.0927. The monoisotopic (exact) mass is 395 g/mol. The van der Waals surface area contributed by atoms with E-state index in [9.17, 15) is 14.4 Å². The third kappa shape index (κ3) is 4.66. The molecule has 3 aromatic rings. The van der Waals surface area contributed by atoms with Gasteiger partial charge in [0.2, 0.25) is 0 Å². The normalized spacial score (nSPS) is 10.3. The third-order valence-corrected chi connectivity index (χ3v) is 4.38. The fourth-order valence-electron chi connectivity index (χ4n) is 2.63. The van der Waals surface area contributed by atoms with Crippen LogP contribution >= 0.6 is 11.6 Å². The van der Waals surface area contributed by atoms with Crippen molar-refractivity contribution in [3.05, 3.63) is 93.2 Å². The van der Waals surface area contributed by atoms with Crippen LogP contribution in [-0.2, 0) is 0 Å². The Balaban J connectivity index is 1.55. The minimum atomic E-state index is -0.507. The van der Waals surface area contributed by atoms with E-state index in [0.717, 1.165) is 5.56 Å². The van der Waals surface area contributed by atoms with Gasteiger partial charge in [-0.05, 0) is 29.8 Å². The second-order valence-electron chi connectivity index (χ2n) is 5.97. The highest BCUT2D eigenvalue weighted by molar-refractivity contribution is 6.33. The summed E-state index contributed by atoms with van der Waals surface area (Å²) < 4.78 is 0. The van der Waals surface area contributed by atoms with Crippen LogP contribution in [0, 0.1) is 0 Å². The number of nitrogens with one attached hydrogen (secondary N) is 3. The van der Waals surface area contributed by atoms with Gasteiger partial charge in [-0.3, -0.25) is 14.4 Å². The first kappa shape index (κ1) is 19.4. The summed E-state index contributed by atoms with van der Waals surface area (Å²) in [5.74, 6) is -0.835. The summed E-state index contributed by atoms with van der Waals surface area (Å²) >= 11 is 5.97. The Hall–Kier alpha value is -3.38. The number of aromatic amines is 1. The number of carbonyl (C=O) groups excluding carboxylic acids is 2. The second-order valence-corrected chi connectivity index (χ2v) is 6.38. The molecule has 0 aliphatic heterocycles. The number of pyridine rings is 1. The number of hydrogen-bond donors (Lipinski definition) is 3. The Morgan fingerprint density at radius 2 is 1.39 bits per heavy atom. The van der Waals surface area contributed by atoms with Gasteiger partial charge >= 0.3 is 0 Å². The van der Waals surface area contributed by atoms with Crippen LogP contribution in [0.4, 0.5) is 0 Å². The average Bonchev–Trinajstić information content (AvgIpc) is 2.71. The first-order valence-corrected chi connectivity index (χ1v) is 9.04. The molecule has 0 atom stereocenters. The molecule has 0 aliphatic carbocycles. The number of benzene rings is 2. The summed E-state index contributed by atoms with van der Waals surface area (Å²) in [6, 6.07) is 19.2. The maximum absolute atomic E-state index is 12.2. The summed E-state index contributed by atoms with van der Waals surface area (Å²) in [6.45, 7) is 0.380. The molecule has 3 N–H and O–H groups in total. The molecule has 0 unspecified atom stereocenters. The molecule has 1 heterocycles. The molecule has 142 valence electrons. The lowest BCUT2D eigenvalue weighted by atomic mass is 10.1. The van der Waals surface area contributed by atoms with E-state index in [2.05, 4.69) is 15.6 Å². The predicted molar refractivity (Wildman–Crippen MR) is 109 cm³/mol. The van der Waals surface area contributed by atoms with Crippen molar-refractivity contribution in [1.82, 2.24) is 15.6 Å². The van der Waals surface area contributed by atoms with Crippen LogP contribution in [0.3, 0.4) is 0 Å². The third-order valence-electron chi connectivity index (χ3n) is 4.05. The lowest BCUT2D eigenvalue weighted by Gasteiger charge is -2.08. The molecule has 7 heteroatoms. The molecule has 2 aromatic carbocycles. The number of rotatable bonds is 6. The zero-order valence-corrected chi connectivity index (χ0v) is 15.6. The molecule has 0 aliphatic rings. The Morgan fingerprint density at radius 1 is 0.786 bits per heavy atom. The molecule has 28 heavy (non-hydrogen) atoms. The molecule has 1 aromatic heterocycles. The van der Waals surface area contributed by atoms with Crippen molar-refractivity contribution >= 4 is 23.4 Å². The predicted octanol–water partition coefficient (Wildman–Crippen LogP) is 2.86. The number of halogens is 1. The van der Waals surface area contributed by atoms with E-state index in [4.69, 9.17) is 11.6 Å². The number of aromatic nitrogens is 1. The molecular weight excluding hydrogens is 378 g/mol. The Morgan fingerprint density at radius 3 is 2.04 bits per heavy atom. The summed E-state index contributed by atoms with van der Waals surface area (Å²) in [5, 5.41) is 5.64. The Bertz CT molecular complexity index is 1050. The number of H-pyrrole nitrogens is 1. The highest BCUT2D eigenvalue weighted by Gasteiger charge is 2.12. The largest absolute Gasteiger partial charge is 0.350 e. The molecule has 0 spiro atoms. The van der Waals surface area contributed by atoms with Crippen molar-refractivity contribution in [3.8, 4) is 11.3 Å². The van der Waals surface area contributed by atoms with Gasteiger partial charge in [-0.2, -0.15) is 0 Å². The first-order valence-electron chi connectivity index (χ1n) is 8.66. The quantitative estimate of drug-likeness (QED) is 0.560. The fraction of sp³-hybridized carbons (Fsp3) is 0.0952. The minimum Gasteiger partial charge on any atom is -0.350 e. The van der Waals surface area contributed by atoms with Gasteiger partial charge in [0.15, 0.2) is 0 Å². The molecule has 0 fully saturated rings.